The van der Waals surface area contributed by atoms with Gasteiger partial charge in [0.15, 0.2) is 12.4 Å². The molecule has 4 heteroatoms. The number of aromatic nitrogens is 1. The molecule has 0 radical (unpaired) electrons. The number of ether oxygens (including phenoxy) is 1. The fourth-order valence-corrected chi connectivity index (χ4v) is 1.41. The first kappa shape index (κ1) is 14.9. The monoisotopic (exact) mass is 243 g/mol. The Balaban J connectivity index is 0.00000225. The first-order valence-electron chi connectivity index (χ1n) is 5.19. The topological polar surface area (TPSA) is 30.2 Å². The van der Waals surface area contributed by atoms with Crippen LogP contribution in [0.15, 0.2) is 24.5 Å². The predicted molar refractivity (Wildman–Crippen MR) is 56.9 cm³/mol. The van der Waals surface area contributed by atoms with Gasteiger partial charge in [-0.25, -0.2) is 0 Å². The van der Waals surface area contributed by atoms with E-state index in [2.05, 4.69) is 19.9 Å². The second kappa shape index (κ2) is 7.23. The molecule has 16 heavy (non-hydrogen) atoms. The number of pyridine rings is 1. The third-order valence-electron chi connectivity index (χ3n) is 1.98. The molecule has 0 atom stereocenters. The Bertz CT molecular complexity index is 340. The van der Waals surface area contributed by atoms with E-state index in [4.69, 9.17) is 4.74 Å². The van der Waals surface area contributed by atoms with Crippen LogP contribution in [0.3, 0.4) is 0 Å². The van der Waals surface area contributed by atoms with Gasteiger partial charge in [-0.15, -0.1) is 0 Å². The minimum atomic E-state index is -0.253. The van der Waals surface area contributed by atoms with Gasteiger partial charge in [-0.3, -0.25) is 4.79 Å². The molecule has 0 aliphatic rings. The van der Waals surface area contributed by atoms with Gasteiger partial charge in [-0.1, -0.05) is 13.8 Å². The molecule has 90 valence electrons. The van der Waals surface area contributed by atoms with Crippen LogP contribution in [-0.2, 0) is 22.7 Å². The number of nitrogens with zero attached hydrogens (tertiary/aromatic N) is 1. The van der Waals surface area contributed by atoms with E-state index in [0.29, 0.717) is 12.6 Å². The zero-order valence-electron chi connectivity index (χ0n) is 9.94. The molecule has 1 aromatic rings. The first-order chi connectivity index (χ1) is 7.08. The van der Waals surface area contributed by atoms with Crippen molar-refractivity contribution < 1.29 is 26.5 Å². The SMILES string of the molecule is CC(=O)OC[n+]1cccc(CC(C)C)c1.[Cl-]. The minimum absolute atomic E-state index is 0. The maximum absolute atomic E-state index is 10.6. The van der Waals surface area contributed by atoms with Crippen molar-refractivity contribution in [3.05, 3.63) is 30.1 Å². The van der Waals surface area contributed by atoms with Gasteiger partial charge >= 0.3 is 5.97 Å². The number of carbonyl (C=O) groups excluding carboxylic acids is 1. The number of carbonyl (C=O) groups is 1. The molecule has 0 aliphatic carbocycles. The Hall–Kier alpha value is -1.09. The maximum Gasteiger partial charge on any atom is 0.307 e. The lowest BCUT2D eigenvalue weighted by atomic mass is 10.1. The predicted octanol–water partition coefficient (Wildman–Crippen LogP) is -1.30. The second-order valence-electron chi connectivity index (χ2n) is 4.09. The highest BCUT2D eigenvalue weighted by Crippen LogP contribution is 2.04. The van der Waals surface area contributed by atoms with Crippen molar-refractivity contribution in [3.8, 4) is 0 Å². The molecule has 0 spiro atoms. The third-order valence-corrected chi connectivity index (χ3v) is 1.98. The normalized spacial score (nSPS) is 9.75. The van der Waals surface area contributed by atoms with Crippen molar-refractivity contribution in [1.82, 2.24) is 0 Å². The zero-order chi connectivity index (χ0) is 11.3. The first-order valence-corrected chi connectivity index (χ1v) is 5.19. The van der Waals surface area contributed by atoms with Gasteiger partial charge in [0.2, 0.25) is 0 Å². The van der Waals surface area contributed by atoms with E-state index in [0.717, 1.165) is 6.42 Å². The summed E-state index contributed by atoms with van der Waals surface area (Å²) in [5.74, 6) is 0.381. The quantitative estimate of drug-likeness (QED) is 0.486. The zero-order valence-corrected chi connectivity index (χ0v) is 10.7. The van der Waals surface area contributed by atoms with Crippen molar-refractivity contribution in [3.63, 3.8) is 0 Å². The van der Waals surface area contributed by atoms with Crippen LogP contribution in [0.4, 0.5) is 0 Å². The molecular weight excluding hydrogens is 226 g/mol. The van der Waals surface area contributed by atoms with Crippen LogP contribution < -0.4 is 17.0 Å². The number of halogens is 1. The van der Waals surface area contributed by atoms with E-state index in [9.17, 15) is 4.79 Å². The van der Waals surface area contributed by atoms with E-state index in [1.807, 2.05) is 23.0 Å². The fraction of sp³-hybridized carbons (Fsp3) is 0.500. The molecule has 0 bridgehead atoms. The van der Waals surface area contributed by atoms with E-state index >= 15 is 0 Å². The molecule has 0 fully saturated rings. The molecule has 0 unspecified atom stereocenters. The summed E-state index contributed by atoms with van der Waals surface area (Å²) in [6.07, 6.45) is 4.95. The van der Waals surface area contributed by atoms with Gasteiger partial charge in [-0.05, 0) is 18.4 Å². The fourth-order valence-electron chi connectivity index (χ4n) is 1.41. The Labute approximate surface area is 103 Å². The smallest absolute Gasteiger partial charge is 0.307 e. The summed E-state index contributed by atoms with van der Waals surface area (Å²) in [4.78, 5) is 10.6. The van der Waals surface area contributed by atoms with Crippen LogP contribution >= 0.6 is 0 Å². The van der Waals surface area contributed by atoms with Gasteiger partial charge in [0, 0.05) is 18.6 Å². The van der Waals surface area contributed by atoms with Crippen LogP contribution in [0.25, 0.3) is 0 Å². The summed E-state index contributed by atoms with van der Waals surface area (Å²) in [7, 11) is 0. The van der Waals surface area contributed by atoms with Crippen molar-refractivity contribution in [2.45, 2.75) is 33.9 Å². The molecular formula is C12H18ClNO2. The number of hydrogen-bond donors (Lipinski definition) is 0. The molecule has 0 aromatic carbocycles. The van der Waals surface area contributed by atoms with Crippen molar-refractivity contribution in [2.24, 2.45) is 5.92 Å². The molecule has 0 N–H and O–H groups in total. The Morgan fingerprint density at radius 2 is 2.19 bits per heavy atom. The van der Waals surface area contributed by atoms with Crippen molar-refractivity contribution in [2.75, 3.05) is 0 Å². The molecule has 3 nitrogen and oxygen atoms in total. The lowest BCUT2D eigenvalue weighted by molar-refractivity contribution is -0.727. The van der Waals surface area contributed by atoms with E-state index in [1.54, 1.807) is 0 Å². The standard InChI is InChI=1S/C12H18NO2.ClH/c1-10(2)7-12-5-4-6-13(8-12)9-15-11(3)14;/h4-6,8,10H,7,9H2,1-3H3;1H/q+1;/p-1. The molecule has 0 saturated carbocycles. The van der Waals surface area contributed by atoms with Crippen molar-refractivity contribution >= 4 is 5.97 Å². The van der Waals surface area contributed by atoms with Crippen LogP contribution in [0.5, 0.6) is 0 Å². The van der Waals surface area contributed by atoms with Crippen LogP contribution in [0.2, 0.25) is 0 Å². The highest BCUT2D eigenvalue weighted by molar-refractivity contribution is 5.65. The van der Waals surface area contributed by atoms with Crippen LogP contribution in [-0.4, -0.2) is 5.97 Å². The summed E-state index contributed by atoms with van der Waals surface area (Å²) < 4.78 is 6.79. The molecule has 1 heterocycles. The lowest BCUT2D eigenvalue weighted by Gasteiger charge is -2.03. The molecule has 0 saturated heterocycles. The van der Waals surface area contributed by atoms with Gasteiger partial charge in [0.05, 0.1) is 0 Å². The molecule has 0 amide bonds. The number of esters is 1. The Kier molecular flexibility index (Phi) is 6.74. The van der Waals surface area contributed by atoms with E-state index in [1.165, 1.54) is 12.5 Å². The Morgan fingerprint density at radius 3 is 2.75 bits per heavy atom. The minimum Gasteiger partial charge on any atom is -1.00 e. The maximum atomic E-state index is 10.6. The van der Waals surface area contributed by atoms with Crippen LogP contribution in [0, 0.1) is 5.92 Å². The van der Waals surface area contributed by atoms with Gasteiger partial charge in [-0.2, -0.15) is 4.57 Å². The highest BCUT2D eigenvalue weighted by atomic mass is 35.5. The summed E-state index contributed by atoms with van der Waals surface area (Å²) in [5, 5.41) is 0. The number of rotatable bonds is 4. The molecule has 1 rings (SSSR count). The molecule has 1 aromatic heterocycles. The average Bonchev–Trinajstić information content (AvgIpc) is 2.14. The Morgan fingerprint density at radius 1 is 1.50 bits per heavy atom. The van der Waals surface area contributed by atoms with Crippen LogP contribution in [0.1, 0.15) is 26.3 Å². The van der Waals surface area contributed by atoms with Crippen molar-refractivity contribution in [1.29, 1.82) is 0 Å². The van der Waals surface area contributed by atoms with Gasteiger partial charge in [0.1, 0.15) is 0 Å². The molecule has 0 aliphatic heterocycles. The summed E-state index contributed by atoms with van der Waals surface area (Å²) >= 11 is 0. The highest BCUT2D eigenvalue weighted by Gasteiger charge is 2.05. The van der Waals surface area contributed by atoms with Gasteiger partial charge in [0.25, 0.3) is 6.73 Å². The summed E-state index contributed by atoms with van der Waals surface area (Å²) in [6, 6.07) is 4.06. The lowest BCUT2D eigenvalue weighted by Crippen LogP contribution is -3.00. The van der Waals surface area contributed by atoms with Gasteiger partial charge < -0.3 is 17.1 Å². The average molecular weight is 244 g/mol. The second-order valence-corrected chi connectivity index (χ2v) is 4.09. The van der Waals surface area contributed by atoms with E-state index in [-0.39, 0.29) is 18.4 Å². The van der Waals surface area contributed by atoms with E-state index < -0.39 is 0 Å². The summed E-state index contributed by atoms with van der Waals surface area (Å²) in [6.45, 7) is 6.08. The number of hydrogen-bond acceptors (Lipinski definition) is 2. The largest absolute Gasteiger partial charge is 1.00 e. The summed E-state index contributed by atoms with van der Waals surface area (Å²) in [5.41, 5.74) is 1.26. The third kappa shape index (κ3) is 5.71.